The zero-order chi connectivity index (χ0) is 7.28. The molecule has 0 aliphatic carbocycles. The molecule has 0 saturated carbocycles. The van der Waals surface area contributed by atoms with Gasteiger partial charge in [-0.2, -0.15) is 0 Å². The van der Waals surface area contributed by atoms with Gasteiger partial charge in [-0.3, -0.25) is 0 Å². The van der Waals surface area contributed by atoms with Crippen molar-refractivity contribution in [3.05, 3.63) is 12.7 Å². The number of hydrogen-bond acceptors (Lipinski definition) is 3. The van der Waals surface area contributed by atoms with E-state index in [1.807, 2.05) is 0 Å². The molecular formula is C5H6InO3. The molecule has 0 aliphatic rings. The Bertz CT molecular complexity index is 141. The summed E-state index contributed by atoms with van der Waals surface area (Å²) in [6, 6.07) is 0. The number of allylic oxidation sites excluding steroid dienone is 1. The van der Waals surface area contributed by atoms with Crippen molar-refractivity contribution in [2.24, 2.45) is 0 Å². The predicted molar refractivity (Wildman–Crippen MR) is 34.3 cm³/mol. The van der Waals surface area contributed by atoms with Gasteiger partial charge in [0.1, 0.15) is 0 Å². The first kappa shape index (κ1) is 8.91. The maximum absolute atomic E-state index is 10.3. The Kier molecular flexibility index (Phi) is 4.71. The van der Waals surface area contributed by atoms with Crippen molar-refractivity contribution in [3.63, 3.8) is 0 Å². The van der Waals surface area contributed by atoms with E-state index < -0.39 is 5.97 Å². The fraction of sp³-hybridized carbons (Fsp3) is 0.200. The summed E-state index contributed by atoms with van der Waals surface area (Å²) in [5, 5.41) is 7.80. The Labute approximate surface area is 67.3 Å². The van der Waals surface area contributed by atoms with E-state index in [-0.39, 0.29) is 6.42 Å². The summed E-state index contributed by atoms with van der Waals surface area (Å²) in [4.78, 5) is 13.7. The van der Waals surface area contributed by atoms with Crippen LogP contribution < -0.4 is 0 Å². The molecule has 0 heterocycles. The van der Waals surface area contributed by atoms with Crippen LogP contribution in [0.15, 0.2) is 12.7 Å². The molecule has 0 aliphatic heterocycles. The molecule has 1 radical (unpaired) electrons. The van der Waals surface area contributed by atoms with Crippen LogP contribution in [-0.2, 0) is 9.68 Å². The quantitative estimate of drug-likeness (QED) is 0.543. The Morgan fingerprint density at radius 2 is 2.44 bits per heavy atom. The summed E-state index contributed by atoms with van der Waals surface area (Å²) in [7, 11) is 0. The van der Waals surface area contributed by atoms with Crippen molar-refractivity contribution in [1.82, 2.24) is 0 Å². The first-order valence-electron chi connectivity index (χ1n) is 2.28. The van der Waals surface area contributed by atoms with Gasteiger partial charge in [0.2, 0.25) is 0 Å². The summed E-state index contributed by atoms with van der Waals surface area (Å²) < 4.78 is 0.902. The van der Waals surface area contributed by atoms with Crippen LogP contribution in [-0.4, -0.2) is 38.4 Å². The first-order valence-corrected chi connectivity index (χ1v) is 3.93. The monoisotopic (exact) mass is 229 g/mol. The topological polar surface area (TPSA) is 46.5 Å². The van der Waals surface area contributed by atoms with Crippen molar-refractivity contribution >= 4 is 33.1 Å². The van der Waals surface area contributed by atoms with Crippen molar-refractivity contribution < 1.29 is 14.9 Å². The summed E-state index contributed by atoms with van der Waals surface area (Å²) in [5.74, 6) is -0.627. The zero-order valence-corrected chi connectivity index (χ0v) is 8.13. The van der Waals surface area contributed by atoms with Gasteiger partial charge in [0.15, 0.2) is 0 Å². The van der Waals surface area contributed by atoms with Crippen LogP contribution in [0.5, 0.6) is 0 Å². The van der Waals surface area contributed by atoms with Crippen LogP contribution in [0.4, 0.5) is 0 Å². The molecule has 0 spiro atoms. The SMILES string of the molecule is C=C[C](=[In])CC(=O)OO. The minimum absolute atomic E-state index is 0.155. The molecule has 0 rings (SSSR count). The fourth-order valence-corrected chi connectivity index (χ4v) is 0.747. The van der Waals surface area contributed by atoms with Crippen molar-refractivity contribution in [3.8, 4) is 0 Å². The van der Waals surface area contributed by atoms with Gasteiger partial charge in [0.05, 0.1) is 0 Å². The van der Waals surface area contributed by atoms with Gasteiger partial charge in [-0.15, -0.1) is 0 Å². The minimum atomic E-state index is -0.627. The number of rotatable bonds is 3. The molecule has 0 aromatic rings. The Hall–Kier alpha value is -0.0899. The molecule has 3 nitrogen and oxygen atoms in total. The zero-order valence-electron chi connectivity index (χ0n) is 4.83. The second-order valence-corrected chi connectivity index (χ2v) is 3.54. The van der Waals surface area contributed by atoms with Crippen LogP contribution in [0.3, 0.4) is 0 Å². The van der Waals surface area contributed by atoms with Crippen LogP contribution >= 0.6 is 0 Å². The third kappa shape index (κ3) is 4.42. The molecule has 0 bridgehead atoms. The summed E-state index contributed by atoms with van der Waals surface area (Å²) in [6.45, 7) is 3.45. The van der Waals surface area contributed by atoms with E-state index in [0.29, 0.717) is 0 Å². The van der Waals surface area contributed by atoms with Crippen LogP contribution in [0.1, 0.15) is 6.42 Å². The van der Waals surface area contributed by atoms with Crippen molar-refractivity contribution in [1.29, 1.82) is 0 Å². The van der Waals surface area contributed by atoms with Gasteiger partial charge < -0.3 is 0 Å². The molecule has 0 aromatic carbocycles. The van der Waals surface area contributed by atoms with Crippen LogP contribution in [0.25, 0.3) is 0 Å². The van der Waals surface area contributed by atoms with Crippen LogP contribution in [0.2, 0.25) is 0 Å². The van der Waals surface area contributed by atoms with Gasteiger partial charge in [-0.05, 0) is 0 Å². The van der Waals surface area contributed by atoms with Crippen molar-refractivity contribution in [2.45, 2.75) is 6.42 Å². The molecule has 47 valence electrons. The van der Waals surface area contributed by atoms with Crippen LogP contribution in [0, 0.1) is 0 Å². The van der Waals surface area contributed by atoms with E-state index in [2.05, 4.69) is 11.5 Å². The molecule has 4 heteroatoms. The normalized spacial score (nSPS) is 8.00. The average molecular weight is 229 g/mol. The Balaban J connectivity index is 3.59. The van der Waals surface area contributed by atoms with E-state index in [9.17, 15) is 4.79 Å². The molecule has 0 amide bonds. The summed E-state index contributed by atoms with van der Waals surface area (Å²) in [6.07, 6.45) is 1.75. The van der Waals surface area contributed by atoms with E-state index in [1.54, 1.807) is 6.08 Å². The molecule has 0 saturated heterocycles. The molecule has 9 heavy (non-hydrogen) atoms. The summed E-state index contributed by atoms with van der Waals surface area (Å²) in [5.41, 5.74) is 0. The third-order valence-corrected chi connectivity index (χ3v) is 1.97. The average Bonchev–Trinajstić information content (AvgIpc) is 1.87. The van der Waals surface area contributed by atoms with Gasteiger partial charge in [0, 0.05) is 0 Å². The summed E-state index contributed by atoms with van der Waals surface area (Å²) >= 11 is 0.840. The molecule has 0 unspecified atom stereocenters. The maximum atomic E-state index is 10.3. The van der Waals surface area contributed by atoms with Crippen molar-refractivity contribution in [2.75, 3.05) is 0 Å². The molecular weight excluding hydrogens is 223 g/mol. The predicted octanol–water partition coefficient (Wildman–Crippen LogP) is -0.0804. The Morgan fingerprint density at radius 3 is 2.78 bits per heavy atom. The molecule has 0 fully saturated rings. The second-order valence-electron chi connectivity index (χ2n) is 1.42. The van der Waals surface area contributed by atoms with Gasteiger partial charge in [0.25, 0.3) is 0 Å². The van der Waals surface area contributed by atoms with Gasteiger partial charge >= 0.3 is 67.1 Å². The van der Waals surface area contributed by atoms with E-state index in [4.69, 9.17) is 5.26 Å². The third-order valence-electron chi connectivity index (χ3n) is 0.712. The molecule has 0 aromatic heterocycles. The van der Waals surface area contributed by atoms with Gasteiger partial charge in [-0.25, -0.2) is 0 Å². The fourth-order valence-electron chi connectivity index (χ4n) is 0.271. The molecule has 0 atom stereocenters. The first-order chi connectivity index (χ1) is 4.20. The molecule has 1 N–H and O–H groups in total. The van der Waals surface area contributed by atoms with E-state index in [1.165, 1.54) is 0 Å². The van der Waals surface area contributed by atoms with E-state index in [0.717, 1.165) is 27.1 Å². The second kappa shape index (κ2) is 4.76. The Morgan fingerprint density at radius 1 is 1.89 bits per heavy atom. The number of hydrogen-bond donors (Lipinski definition) is 1. The standard InChI is InChI=1S/C5H6O3.In/c1-2-3-4-5(6)8-7;/h2,7H,1,4H2;. The van der Waals surface area contributed by atoms with E-state index >= 15 is 0 Å². The number of carbonyl (C=O) groups is 1. The number of carbonyl (C=O) groups excluding carboxylic acids is 1. The van der Waals surface area contributed by atoms with Gasteiger partial charge in [-0.1, -0.05) is 0 Å².